The molecule has 1 aromatic carbocycles. The van der Waals surface area contributed by atoms with Gasteiger partial charge in [0, 0.05) is 5.54 Å². The fourth-order valence-electron chi connectivity index (χ4n) is 2.02. The average molecular weight is 173 g/mol. The number of nitrogens with one attached hydrogen (secondary N) is 1. The minimum Gasteiger partial charge on any atom is -0.295 e. The summed E-state index contributed by atoms with van der Waals surface area (Å²) in [6, 6.07) is 10.5. The van der Waals surface area contributed by atoms with Crippen molar-refractivity contribution >= 4 is 0 Å². The van der Waals surface area contributed by atoms with E-state index in [0.717, 1.165) is 0 Å². The van der Waals surface area contributed by atoms with Crippen molar-refractivity contribution in [3.8, 4) is 0 Å². The lowest BCUT2D eigenvalue weighted by molar-refractivity contribution is 0.688. The molecule has 0 saturated carbocycles. The third kappa shape index (κ3) is 1.04. The topological polar surface area (TPSA) is 21.9 Å². The van der Waals surface area contributed by atoms with E-state index in [4.69, 9.17) is 0 Å². The van der Waals surface area contributed by atoms with Crippen molar-refractivity contribution in [3.05, 3.63) is 48.6 Å². The zero-order valence-electron chi connectivity index (χ0n) is 8.17. The van der Waals surface area contributed by atoms with Gasteiger partial charge in [0.2, 0.25) is 0 Å². The minimum absolute atomic E-state index is 0.00569. The molecule has 13 heavy (non-hydrogen) atoms. The van der Waals surface area contributed by atoms with Crippen LogP contribution in [0.3, 0.4) is 0 Å². The lowest BCUT2D eigenvalue weighted by Gasteiger charge is -2.12. The van der Waals surface area contributed by atoms with Crippen LogP contribution in [0, 0.1) is 0 Å². The lowest BCUT2D eigenvalue weighted by Crippen LogP contribution is -2.15. The highest BCUT2D eigenvalue weighted by atomic mass is 15.3. The molecule has 1 atom stereocenters. The van der Waals surface area contributed by atoms with Crippen LogP contribution >= 0.6 is 0 Å². The first-order valence-corrected chi connectivity index (χ1v) is 4.61. The predicted octanol–water partition coefficient (Wildman–Crippen LogP) is 2.45. The summed E-state index contributed by atoms with van der Waals surface area (Å²) in [6.07, 6.45) is 2.00. The summed E-state index contributed by atoms with van der Waals surface area (Å²) in [5.41, 5.74) is 1.44. The molecule has 1 aliphatic heterocycles. The fraction of sp³-hybridized carbons (Fsp3) is 0.333. The van der Waals surface area contributed by atoms with Crippen molar-refractivity contribution in [2.45, 2.75) is 24.9 Å². The molecular formula is C12H15N. The monoisotopic (exact) mass is 173 g/mol. The molecule has 0 aromatic heterocycles. The van der Waals surface area contributed by atoms with Crippen LogP contribution < -0.4 is 5.32 Å². The van der Waals surface area contributed by atoms with Gasteiger partial charge in [0.25, 0.3) is 0 Å². The smallest absolute Gasteiger partial charge is 0.0802 e. The van der Waals surface area contributed by atoms with Gasteiger partial charge in [-0.15, -0.1) is 6.58 Å². The van der Waals surface area contributed by atoms with E-state index >= 15 is 0 Å². The molecule has 1 aliphatic rings. The lowest BCUT2D eigenvalue weighted by atomic mass is 9.88. The van der Waals surface area contributed by atoms with E-state index in [2.05, 4.69) is 50.0 Å². The van der Waals surface area contributed by atoms with E-state index in [1.807, 2.05) is 12.1 Å². The zero-order chi connectivity index (χ0) is 9.53. The Hall–Kier alpha value is -1.08. The Balaban J connectivity index is 2.42. The van der Waals surface area contributed by atoms with Gasteiger partial charge in [-0.2, -0.15) is 0 Å². The van der Waals surface area contributed by atoms with Gasteiger partial charge in [-0.1, -0.05) is 36.4 Å². The van der Waals surface area contributed by atoms with Crippen molar-refractivity contribution in [3.63, 3.8) is 0 Å². The first kappa shape index (κ1) is 8.52. The fourth-order valence-corrected chi connectivity index (χ4v) is 2.02. The molecule has 1 nitrogen and oxygen atoms in total. The average Bonchev–Trinajstić information content (AvgIpc) is 2.72. The Bertz CT molecular complexity index is 326. The Morgan fingerprint density at radius 3 is 2.15 bits per heavy atom. The summed E-state index contributed by atoms with van der Waals surface area (Å²) < 4.78 is 0. The van der Waals surface area contributed by atoms with E-state index in [0.29, 0.717) is 0 Å². The zero-order valence-corrected chi connectivity index (χ0v) is 8.17. The van der Waals surface area contributed by atoms with Crippen molar-refractivity contribution in [1.29, 1.82) is 0 Å². The molecule has 1 N–H and O–H groups in total. The molecule has 1 unspecified atom stereocenters. The maximum absolute atomic E-state index is 3.90. The van der Waals surface area contributed by atoms with Crippen LogP contribution in [0.2, 0.25) is 0 Å². The number of benzene rings is 1. The van der Waals surface area contributed by atoms with Gasteiger partial charge in [-0.25, -0.2) is 0 Å². The molecule has 0 amide bonds. The SMILES string of the molecule is C=CC1(c2ccccc2)NC1(C)C. The maximum Gasteiger partial charge on any atom is 0.0802 e. The second-order valence-corrected chi connectivity index (χ2v) is 4.13. The molecule has 1 saturated heterocycles. The normalized spacial score (nSPS) is 29.7. The van der Waals surface area contributed by atoms with Crippen molar-refractivity contribution in [2.24, 2.45) is 0 Å². The molecule has 0 bridgehead atoms. The number of hydrogen-bond donors (Lipinski definition) is 1. The molecule has 1 heteroatoms. The summed E-state index contributed by atoms with van der Waals surface area (Å²) in [5.74, 6) is 0. The van der Waals surface area contributed by atoms with Crippen LogP contribution in [0.5, 0.6) is 0 Å². The third-order valence-corrected chi connectivity index (χ3v) is 2.97. The molecule has 1 aromatic rings. The van der Waals surface area contributed by atoms with E-state index in [-0.39, 0.29) is 11.1 Å². The molecule has 68 valence electrons. The van der Waals surface area contributed by atoms with E-state index in [9.17, 15) is 0 Å². The van der Waals surface area contributed by atoms with Gasteiger partial charge in [-0.3, -0.25) is 5.32 Å². The van der Waals surface area contributed by atoms with Gasteiger partial charge in [0.05, 0.1) is 5.54 Å². The van der Waals surface area contributed by atoms with Crippen molar-refractivity contribution in [1.82, 2.24) is 5.32 Å². The number of hydrogen-bond acceptors (Lipinski definition) is 1. The molecule has 0 radical (unpaired) electrons. The molecule has 0 spiro atoms. The molecule has 0 aliphatic carbocycles. The van der Waals surface area contributed by atoms with Crippen LogP contribution in [0.25, 0.3) is 0 Å². The van der Waals surface area contributed by atoms with E-state index in [1.54, 1.807) is 0 Å². The third-order valence-electron chi connectivity index (χ3n) is 2.97. The minimum atomic E-state index is -0.00569. The van der Waals surface area contributed by atoms with Crippen LogP contribution in [0.4, 0.5) is 0 Å². The molecule has 2 rings (SSSR count). The van der Waals surface area contributed by atoms with Crippen LogP contribution in [-0.4, -0.2) is 5.54 Å². The summed E-state index contributed by atoms with van der Waals surface area (Å²) in [7, 11) is 0. The molecular weight excluding hydrogens is 158 g/mol. The predicted molar refractivity (Wildman–Crippen MR) is 55.5 cm³/mol. The van der Waals surface area contributed by atoms with Gasteiger partial charge in [-0.05, 0) is 19.4 Å². The van der Waals surface area contributed by atoms with Gasteiger partial charge < -0.3 is 0 Å². The highest BCUT2D eigenvalue weighted by Gasteiger charge is 2.59. The highest BCUT2D eigenvalue weighted by molar-refractivity contribution is 5.43. The second-order valence-electron chi connectivity index (χ2n) is 4.13. The van der Waals surface area contributed by atoms with Crippen LogP contribution in [0.1, 0.15) is 19.4 Å². The van der Waals surface area contributed by atoms with Gasteiger partial charge in [0.15, 0.2) is 0 Å². The summed E-state index contributed by atoms with van der Waals surface area (Å²) >= 11 is 0. The second kappa shape index (κ2) is 2.46. The standard InChI is InChI=1S/C12H15N/c1-4-12(11(2,3)13-12)10-8-6-5-7-9-10/h4-9,13H,1H2,2-3H3. The summed E-state index contributed by atoms with van der Waals surface area (Å²) in [4.78, 5) is 0. The maximum atomic E-state index is 3.90. The Morgan fingerprint density at radius 2 is 1.77 bits per heavy atom. The first-order valence-electron chi connectivity index (χ1n) is 4.61. The summed E-state index contributed by atoms with van der Waals surface area (Å²) in [6.45, 7) is 8.30. The van der Waals surface area contributed by atoms with Crippen LogP contribution in [-0.2, 0) is 5.54 Å². The Kier molecular flexibility index (Phi) is 1.61. The van der Waals surface area contributed by atoms with Gasteiger partial charge in [0.1, 0.15) is 0 Å². The summed E-state index contributed by atoms with van der Waals surface area (Å²) in [5, 5.41) is 3.47. The van der Waals surface area contributed by atoms with Crippen molar-refractivity contribution in [2.75, 3.05) is 0 Å². The van der Waals surface area contributed by atoms with Crippen molar-refractivity contribution < 1.29 is 0 Å². The Labute approximate surface area is 79.5 Å². The molecule has 1 fully saturated rings. The highest BCUT2D eigenvalue weighted by Crippen LogP contribution is 2.47. The Morgan fingerprint density at radius 1 is 1.23 bits per heavy atom. The largest absolute Gasteiger partial charge is 0.295 e. The van der Waals surface area contributed by atoms with Crippen LogP contribution in [0.15, 0.2) is 43.0 Å². The van der Waals surface area contributed by atoms with E-state index < -0.39 is 0 Å². The molecule has 1 heterocycles. The number of rotatable bonds is 2. The quantitative estimate of drug-likeness (QED) is 0.538. The van der Waals surface area contributed by atoms with E-state index in [1.165, 1.54) is 5.56 Å². The first-order chi connectivity index (χ1) is 6.12. The van der Waals surface area contributed by atoms with Gasteiger partial charge >= 0.3 is 0 Å².